The molecule has 0 unspecified atom stereocenters. The summed E-state index contributed by atoms with van der Waals surface area (Å²) in [5.41, 5.74) is 7.73. The highest BCUT2D eigenvalue weighted by Gasteiger charge is 1.96. The van der Waals surface area contributed by atoms with Crippen LogP contribution in [0.1, 0.15) is 5.56 Å². The first kappa shape index (κ1) is 8.90. The second-order valence-electron chi connectivity index (χ2n) is 3.05. The smallest absolute Gasteiger partial charge is 0.0697 e. The normalized spacial score (nSPS) is 10.4. The molecular weight excluding hydrogens is 176 g/mol. The van der Waals surface area contributed by atoms with Gasteiger partial charge in [-0.15, -0.1) is 5.10 Å². The number of rotatable bonds is 3. The van der Waals surface area contributed by atoms with Crippen LogP contribution in [-0.4, -0.2) is 21.5 Å². The predicted octanol–water partition coefficient (Wildman–Crippen LogP) is 0.768. The van der Waals surface area contributed by atoms with Crippen LogP contribution in [0.15, 0.2) is 36.7 Å². The van der Waals surface area contributed by atoms with Crippen LogP contribution in [-0.2, 0) is 6.42 Å². The highest BCUT2D eigenvalue weighted by atomic mass is 15.4. The summed E-state index contributed by atoms with van der Waals surface area (Å²) in [5.74, 6) is 0. The Kier molecular flexibility index (Phi) is 2.55. The minimum atomic E-state index is 0.683. The minimum absolute atomic E-state index is 0.683. The van der Waals surface area contributed by atoms with Crippen molar-refractivity contribution in [2.24, 2.45) is 5.73 Å². The van der Waals surface area contributed by atoms with E-state index >= 15 is 0 Å². The second kappa shape index (κ2) is 4.02. The zero-order chi connectivity index (χ0) is 9.80. The van der Waals surface area contributed by atoms with E-state index in [-0.39, 0.29) is 0 Å². The molecule has 2 N–H and O–H groups in total. The van der Waals surface area contributed by atoms with Crippen LogP contribution in [0.4, 0.5) is 0 Å². The molecule has 0 amide bonds. The molecule has 0 aliphatic rings. The van der Waals surface area contributed by atoms with Gasteiger partial charge in [0.1, 0.15) is 0 Å². The third kappa shape index (κ3) is 1.80. The van der Waals surface area contributed by atoms with Crippen molar-refractivity contribution < 1.29 is 0 Å². The fourth-order valence-electron chi connectivity index (χ4n) is 1.33. The molecule has 14 heavy (non-hydrogen) atoms. The third-order valence-electron chi connectivity index (χ3n) is 2.06. The summed E-state index contributed by atoms with van der Waals surface area (Å²) in [6.07, 6.45) is 4.39. The van der Waals surface area contributed by atoms with E-state index in [9.17, 15) is 0 Å². The highest BCUT2D eigenvalue weighted by Crippen LogP contribution is 2.07. The number of hydrogen-bond acceptors (Lipinski definition) is 3. The molecule has 0 radical (unpaired) electrons. The summed E-state index contributed by atoms with van der Waals surface area (Å²) < 4.78 is 1.73. The molecule has 0 bridgehead atoms. The van der Waals surface area contributed by atoms with Crippen LogP contribution < -0.4 is 5.73 Å². The molecule has 0 fully saturated rings. The molecule has 0 aliphatic heterocycles. The Balaban J connectivity index is 2.22. The number of nitrogens with zero attached hydrogens (tertiary/aromatic N) is 3. The molecule has 4 nitrogen and oxygen atoms in total. The van der Waals surface area contributed by atoms with Crippen molar-refractivity contribution in [3.63, 3.8) is 0 Å². The largest absolute Gasteiger partial charge is 0.330 e. The maximum atomic E-state index is 5.47. The quantitative estimate of drug-likeness (QED) is 0.774. The summed E-state index contributed by atoms with van der Waals surface area (Å²) in [6.45, 7) is 0.683. The average molecular weight is 188 g/mol. The van der Waals surface area contributed by atoms with Crippen LogP contribution in [0, 0.1) is 0 Å². The van der Waals surface area contributed by atoms with Gasteiger partial charge in [-0.25, -0.2) is 4.68 Å². The zero-order valence-corrected chi connectivity index (χ0v) is 7.80. The second-order valence-corrected chi connectivity index (χ2v) is 3.05. The van der Waals surface area contributed by atoms with E-state index in [4.69, 9.17) is 5.73 Å². The van der Waals surface area contributed by atoms with Gasteiger partial charge in [0.25, 0.3) is 0 Å². The SMILES string of the molecule is NCCc1ccc(-n2ccnn2)cc1. The van der Waals surface area contributed by atoms with E-state index in [2.05, 4.69) is 22.4 Å². The number of nitrogens with two attached hydrogens (primary N) is 1. The Hall–Kier alpha value is -1.68. The van der Waals surface area contributed by atoms with Gasteiger partial charge in [-0.05, 0) is 30.7 Å². The first-order valence-corrected chi connectivity index (χ1v) is 4.56. The topological polar surface area (TPSA) is 56.7 Å². The van der Waals surface area contributed by atoms with Crippen molar-refractivity contribution in [3.8, 4) is 5.69 Å². The molecule has 1 heterocycles. The molecule has 0 aliphatic carbocycles. The molecule has 0 atom stereocenters. The molecule has 0 saturated heterocycles. The Morgan fingerprint density at radius 3 is 2.57 bits per heavy atom. The molecule has 0 spiro atoms. The zero-order valence-electron chi connectivity index (χ0n) is 7.80. The average Bonchev–Trinajstić information content (AvgIpc) is 2.72. The van der Waals surface area contributed by atoms with Crippen molar-refractivity contribution in [1.82, 2.24) is 15.0 Å². The summed E-state index contributed by atoms with van der Waals surface area (Å²) in [5, 5.41) is 7.65. The lowest BCUT2D eigenvalue weighted by atomic mass is 10.1. The van der Waals surface area contributed by atoms with Crippen molar-refractivity contribution in [1.29, 1.82) is 0 Å². The van der Waals surface area contributed by atoms with E-state index in [1.54, 1.807) is 10.9 Å². The van der Waals surface area contributed by atoms with Gasteiger partial charge >= 0.3 is 0 Å². The van der Waals surface area contributed by atoms with Crippen LogP contribution in [0.25, 0.3) is 5.69 Å². The molecule has 0 saturated carbocycles. The molecule has 4 heteroatoms. The van der Waals surface area contributed by atoms with Gasteiger partial charge in [0.2, 0.25) is 0 Å². The van der Waals surface area contributed by atoms with E-state index < -0.39 is 0 Å². The summed E-state index contributed by atoms with van der Waals surface area (Å²) in [4.78, 5) is 0. The fourth-order valence-corrected chi connectivity index (χ4v) is 1.33. The Morgan fingerprint density at radius 2 is 2.00 bits per heavy atom. The van der Waals surface area contributed by atoms with Gasteiger partial charge in [0.05, 0.1) is 18.1 Å². The molecule has 2 rings (SSSR count). The van der Waals surface area contributed by atoms with Crippen LogP contribution in [0.5, 0.6) is 0 Å². The molecular formula is C10H12N4. The van der Waals surface area contributed by atoms with Crippen molar-refractivity contribution in [2.75, 3.05) is 6.54 Å². The Labute approximate surface area is 82.4 Å². The standard InChI is InChI=1S/C10H12N4/c11-6-5-9-1-3-10(4-2-9)14-8-7-12-13-14/h1-4,7-8H,5-6,11H2. The van der Waals surface area contributed by atoms with Gasteiger partial charge < -0.3 is 5.73 Å². The highest BCUT2D eigenvalue weighted by molar-refractivity contribution is 5.33. The lowest BCUT2D eigenvalue weighted by Crippen LogP contribution is -2.03. The molecule has 2 aromatic rings. The van der Waals surface area contributed by atoms with E-state index in [0.29, 0.717) is 6.54 Å². The van der Waals surface area contributed by atoms with Crippen molar-refractivity contribution >= 4 is 0 Å². The number of aromatic nitrogens is 3. The van der Waals surface area contributed by atoms with E-state index in [0.717, 1.165) is 12.1 Å². The van der Waals surface area contributed by atoms with Gasteiger partial charge in [-0.1, -0.05) is 17.3 Å². The van der Waals surface area contributed by atoms with Gasteiger partial charge in [0, 0.05) is 0 Å². The van der Waals surface area contributed by atoms with Crippen molar-refractivity contribution in [2.45, 2.75) is 6.42 Å². The number of benzene rings is 1. The maximum Gasteiger partial charge on any atom is 0.0697 e. The first-order valence-electron chi connectivity index (χ1n) is 4.56. The Morgan fingerprint density at radius 1 is 1.21 bits per heavy atom. The third-order valence-corrected chi connectivity index (χ3v) is 2.06. The monoisotopic (exact) mass is 188 g/mol. The maximum absolute atomic E-state index is 5.47. The van der Waals surface area contributed by atoms with Gasteiger partial charge in [-0.3, -0.25) is 0 Å². The van der Waals surface area contributed by atoms with E-state index in [1.807, 2.05) is 18.3 Å². The lowest BCUT2D eigenvalue weighted by Gasteiger charge is -2.01. The van der Waals surface area contributed by atoms with Gasteiger partial charge in [-0.2, -0.15) is 0 Å². The van der Waals surface area contributed by atoms with Crippen molar-refractivity contribution in [3.05, 3.63) is 42.2 Å². The predicted molar refractivity (Wildman–Crippen MR) is 54.1 cm³/mol. The Bertz CT molecular complexity index is 377. The molecule has 1 aromatic heterocycles. The summed E-state index contributed by atoms with van der Waals surface area (Å²) >= 11 is 0. The summed E-state index contributed by atoms with van der Waals surface area (Å²) in [7, 11) is 0. The van der Waals surface area contributed by atoms with Gasteiger partial charge in [0.15, 0.2) is 0 Å². The lowest BCUT2D eigenvalue weighted by molar-refractivity contribution is 0.802. The van der Waals surface area contributed by atoms with Crippen LogP contribution in [0.3, 0.4) is 0 Å². The fraction of sp³-hybridized carbons (Fsp3) is 0.200. The molecule has 1 aromatic carbocycles. The van der Waals surface area contributed by atoms with E-state index in [1.165, 1.54) is 5.56 Å². The van der Waals surface area contributed by atoms with Crippen LogP contribution >= 0.6 is 0 Å². The molecule has 72 valence electrons. The first-order chi connectivity index (χ1) is 6.90. The summed E-state index contributed by atoms with van der Waals surface area (Å²) in [6, 6.07) is 8.15. The minimum Gasteiger partial charge on any atom is -0.330 e. The van der Waals surface area contributed by atoms with Crippen LogP contribution in [0.2, 0.25) is 0 Å². The number of hydrogen-bond donors (Lipinski definition) is 1.